The van der Waals surface area contributed by atoms with Crippen molar-refractivity contribution in [3.63, 3.8) is 0 Å². The highest BCUT2D eigenvalue weighted by Crippen LogP contribution is 2.12. The van der Waals surface area contributed by atoms with E-state index in [1.54, 1.807) is 37.2 Å². The van der Waals surface area contributed by atoms with Crippen molar-refractivity contribution in [3.05, 3.63) is 35.4 Å². The minimum Gasteiger partial charge on any atom is -0.294 e. The Labute approximate surface area is 111 Å². The normalized spacial score (nSPS) is 10.7. The van der Waals surface area contributed by atoms with Crippen LogP contribution in [0.2, 0.25) is 0 Å². The summed E-state index contributed by atoms with van der Waals surface area (Å²) in [7, 11) is 3.44. The Morgan fingerprint density at radius 1 is 1.26 bits per heavy atom. The molecule has 2 aromatic heterocycles. The van der Waals surface area contributed by atoms with Crippen LogP contribution in [0.4, 0.5) is 0 Å². The molecule has 0 aliphatic heterocycles. The number of carbonyl (C=O) groups excluding carboxylic acids is 2. The average molecular weight is 260 g/mol. The minimum absolute atomic E-state index is 0.155. The van der Waals surface area contributed by atoms with Gasteiger partial charge in [-0.1, -0.05) is 6.92 Å². The van der Waals surface area contributed by atoms with Gasteiger partial charge in [-0.15, -0.1) is 0 Å². The molecule has 0 atom stereocenters. The van der Waals surface area contributed by atoms with Gasteiger partial charge in [0, 0.05) is 26.5 Å². The van der Waals surface area contributed by atoms with E-state index in [1.165, 1.54) is 4.68 Å². The summed E-state index contributed by atoms with van der Waals surface area (Å²) >= 11 is 0. The summed E-state index contributed by atoms with van der Waals surface area (Å²) in [6, 6.07) is 1.61. The standard InChI is InChI=1S/C13H16N4O2/c1-4-10-9(8-16(2)15-10)12(18)7-13(19)11-5-6-14-17(11)3/h5-6,8H,4,7H2,1-3H3. The van der Waals surface area contributed by atoms with Gasteiger partial charge in [0.05, 0.1) is 17.7 Å². The lowest BCUT2D eigenvalue weighted by molar-refractivity contribution is 0.0888. The Kier molecular flexibility index (Phi) is 3.59. The molecular weight excluding hydrogens is 244 g/mol. The summed E-state index contributed by atoms with van der Waals surface area (Å²) in [6.07, 6.45) is 3.72. The van der Waals surface area contributed by atoms with Crippen molar-refractivity contribution in [2.45, 2.75) is 19.8 Å². The highest BCUT2D eigenvalue weighted by molar-refractivity contribution is 6.13. The van der Waals surface area contributed by atoms with E-state index in [0.717, 1.165) is 5.69 Å². The first-order valence-electron chi connectivity index (χ1n) is 6.09. The second-order valence-electron chi connectivity index (χ2n) is 4.38. The molecule has 2 aromatic rings. The van der Waals surface area contributed by atoms with Gasteiger partial charge >= 0.3 is 0 Å². The zero-order valence-corrected chi connectivity index (χ0v) is 11.3. The maximum Gasteiger partial charge on any atom is 0.188 e. The smallest absolute Gasteiger partial charge is 0.188 e. The van der Waals surface area contributed by atoms with Crippen LogP contribution in [0.5, 0.6) is 0 Å². The van der Waals surface area contributed by atoms with Crippen LogP contribution in [-0.4, -0.2) is 31.1 Å². The van der Waals surface area contributed by atoms with Gasteiger partial charge in [-0.05, 0) is 12.5 Å². The number of carbonyl (C=O) groups is 2. The first kappa shape index (κ1) is 13.2. The molecule has 0 aromatic carbocycles. The Morgan fingerprint density at radius 3 is 2.58 bits per heavy atom. The van der Waals surface area contributed by atoms with Crippen LogP contribution in [-0.2, 0) is 20.5 Å². The molecule has 2 heterocycles. The summed E-state index contributed by atoms with van der Waals surface area (Å²) in [4.78, 5) is 24.2. The van der Waals surface area contributed by atoms with Gasteiger partial charge in [0.1, 0.15) is 5.69 Å². The molecule has 0 amide bonds. The van der Waals surface area contributed by atoms with Gasteiger partial charge in [-0.2, -0.15) is 10.2 Å². The van der Waals surface area contributed by atoms with E-state index < -0.39 is 0 Å². The highest BCUT2D eigenvalue weighted by atomic mass is 16.1. The van der Waals surface area contributed by atoms with E-state index in [1.807, 2.05) is 6.92 Å². The average Bonchev–Trinajstić information content (AvgIpc) is 2.94. The fourth-order valence-electron chi connectivity index (χ4n) is 2.01. The number of hydrogen-bond donors (Lipinski definition) is 0. The maximum absolute atomic E-state index is 12.2. The van der Waals surface area contributed by atoms with E-state index in [0.29, 0.717) is 17.7 Å². The molecule has 0 spiro atoms. The van der Waals surface area contributed by atoms with Gasteiger partial charge in [0.15, 0.2) is 11.6 Å². The number of ketones is 2. The van der Waals surface area contributed by atoms with Gasteiger partial charge < -0.3 is 0 Å². The van der Waals surface area contributed by atoms with Gasteiger partial charge in [-0.3, -0.25) is 19.0 Å². The SMILES string of the molecule is CCc1nn(C)cc1C(=O)CC(=O)c1ccnn1C. The molecule has 6 heteroatoms. The topological polar surface area (TPSA) is 69.8 Å². The van der Waals surface area contributed by atoms with Crippen molar-refractivity contribution in [1.82, 2.24) is 19.6 Å². The fraction of sp³-hybridized carbons (Fsp3) is 0.385. The van der Waals surface area contributed by atoms with E-state index in [4.69, 9.17) is 0 Å². The summed E-state index contributed by atoms with van der Waals surface area (Å²) in [5, 5.41) is 8.13. The lowest BCUT2D eigenvalue weighted by Crippen LogP contribution is -2.13. The highest BCUT2D eigenvalue weighted by Gasteiger charge is 2.20. The number of rotatable bonds is 5. The second-order valence-corrected chi connectivity index (χ2v) is 4.38. The second kappa shape index (κ2) is 5.17. The van der Waals surface area contributed by atoms with Crippen LogP contribution in [0.1, 0.15) is 39.9 Å². The van der Waals surface area contributed by atoms with E-state index >= 15 is 0 Å². The van der Waals surface area contributed by atoms with Gasteiger partial charge in [0.2, 0.25) is 0 Å². The molecule has 0 saturated heterocycles. The van der Waals surface area contributed by atoms with Crippen LogP contribution >= 0.6 is 0 Å². The maximum atomic E-state index is 12.2. The molecule has 0 N–H and O–H groups in total. The summed E-state index contributed by atoms with van der Waals surface area (Å²) in [5.74, 6) is -0.424. The zero-order chi connectivity index (χ0) is 14.0. The summed E-state index contributed by atoms with van der Waals surface area (Å²) < 4.78 is 3.07. The Morgan fingerprint density at radius 2 is 2.00 bits per heavy atom. The predicted molar refractivity (Wildman–Crippen MR) is 69.1 cm³/mol. The first-order valence-corrected chi connectivity index (χ1v) is 6.09. The minimum atomic E-state index is -0.226. The van der Waals surface area contributed by atoms with E-state index in [-0.39, 0.29) is 18.0 Å². The van der Waals surface area contributed by atoms with Crippen LogP contribution in [0.15, 0.2) is 18.5 Å². The number of Topliss-reactive ketones (excluding diaryl/α,β-unsaturated/α-hetero) is 2. The lowest BCUT2D eigenvalue weighted by Gasteiger charge is -2.01. The molecule has 0 fully saturated rings. The number of aromatic nitrogens is 4. The van der Waals surface area contributed by atoms with Crippen molar-refractivity contribution >= 4 is 11.6 Å². The predicted octanol–water partition coefficient (Wildman–Crippen LogP) is 1.17. The molecule has 2 rings (SSSR count). The molecule has 0 aliphatic rings. The van der Waals surface area contributed by atoms with E-state index in [2.05, 4.69) is 10.2 Å². The third-order valence-electron chi connectivity index (χ3n) is 2.97. The van der Waals surface area contributed by atoms with Crippen LogP contribution < -0.4 is 0 Å². The molecule has 0 unspecified atom stereocenters. The summed E-state index contributed by atoms with van der Waals surface area (Å²) in [5.41, 5.74) is 1.70. The number of aryl methyl sites for hydroxylation is 3. The number of hydrogen-bond acceptors (Lipinski definition) is 4. The zero-order valence-electron chi connectivity index (χ0n) is 11.3. The largest absolute Gasteiger partial charge is 0.294 e. The Balaban J connectivity index is 2.17. The van der Waals surface area contributed by atoms with Crippen LogP contribution in [0, 0.1) is 0 Å². The van der Waals surface area contributed by atoms with Crippen molar-refractivity contribution in [2.75, 3.05) is 0 Å². The summed E-state index contributed by atoms with van der Waals surface area (Å²) in [6.45, 7) is 1.93. The van der Waals surface area contributed by atoms with Crippen molar-refractivity contribution in [1.29, 1.82) is 0 Å². The molecule has 0 aliphatic carbocycles. The Hall–Kier alpha value is -2.24. The van der Waals surface area contributed by atoms with Crippen LogP contribution in [0.3, 0.4) is 0 Å². The Bertz CT molecular complexity index is 624. The van der Waals surface area contributed by atoms with E-state index in [9.17, 15) is 9.59 Å². The molecule has 0 bridgehead atoms. The molecule has 19 heavy (non-hydrogen) atoms. The van der Waals surface area contributed by atoms with Crippen LogP contribution in [0.25, 0.3) is 0 Å². The van der Waals surface area contributed by atoms with Crippen molar-refractivity contribution in [3.8, 4) is 0 Å². The van der Waals surface area contributed by atoms with Gasteiger partial charge in [0.25, 0.3) is 0 Å². The fourth-order valence-corrected chi connectivity index (χ4v) is 2.01. The van der Waals surface area contributed by atoms with Crippen molar-refractivity contribution in [2.24, 2.45) is 14.1 Å². The number of nitrogens with zero attached hydrogens (tertiary/aromatic N) is 4. The molecule has 6 nitrogen and oxygen atoms in total. The van der Waals surface area contributed by atoms with Gasteiger partial charge in [-0.25, -0.2) is 0 Å². The molecule has 0 radical (unpaired) electrons. The molecule has 0 saturated carbocycles. The third-order valence-corrected chi connectivity index (χ3v) is 2.97. The molecular formula is C13H16N4O2. The molecule has 100 valence electrons. The first-order chi connectivity index (χ1) is 9.02. The quantitative estimate of drug-likeness (QED) is 0.597. The monoisotopic (exact) mass is 260 g/mol. The van der Waals surface area contributed by atoms with Crippen molar-refractivity contribution < 1.29 is 9.59 Å². The lowest BCUT2D eigenvalue weighted by atomic mass is 10.0. The third kappa shape index (κ3) is 2.62.